The monoisotopic (exact) mass is 238 g/mol. The maximum atomic E-state index is 5.60. The van der Waals surface area contributed by atoms with Gasteiger partial charge in [0, 0.05) is 13.1 Å². The van der Waals surface area contributed by atoms with Crippen LogP contribution in [-0.4, -0.2) is 53.5 Å². The first-order valence-electron chi connectivity index (χ1n) is 5.52. The Labute approximate surface area is 97.9 Å². The quantitative estimate of drug-likeness (QED) is 0.545. The zero-order valence-electron chi connectivity index (χ0n) is 9.22. The highest BCUT2D eigenvalue weighted by Crippen LogP contribution is 2.13. The number of nitrogens with one attached hydrogen (secondary N) is 2. The van der Waals surface area contributed by atoms with Crippen LogP contribution in [0.5, 0.6) is 0 Å². The Kier molecular flexibility index (Phi) is 2.65. The van der Waals surface area contributed by atoms with Gasteiger partial charge >= 0.3 is 0 Å². The van der Waals surface area contributed by atoms with Crippen molar-refractivity contribution in [2.75, 3.05) is 42.7 Å². The van der Waals surface area contributed by atoms with E-state index in [1.54, 1.807) is 0 Å². The van der Waals surface area contributed by atoms with Crippen LogP contribution in [0.4, 0.5) is 17.8 Å². The molecular formula is C9H14N6O2. The average Bonchev–Trinajstić information content (AvgIpc) is 3.15. The van der Waals surface area contributed by atoms with Gasteiger partial charge in [0.25, 0.3) is 0 Å². The van der Waals surface area contributed by atoms with E-state index in [1.165, 1.54) is 0 Å². The fraction of sp³-hybridized carbons (Fsp3) is 0.667. The number of rotatable bonds is 6. The molecule has 0 amide bonds. The molecule has 4 N–H and O–H groups in total. The van der Waals surface area contributed by atoms with E-state index in [2.05, 4.69) is 25.6 Å². The van der Waals surface area contributed by atoms with Crippen molar-refractivity contribution in [3.63, 3.8) is 0 Å². The molecule has 2 aliphatic heterocycles. The number of hydrogen-bond acceptors (Lipinski definition) is 8. The van der Waals surface area contributed by atoms with Crippen LogP contribution >= 0.6 is 0 Å². The second kappa shape index (κ2) is 4.30. The Bertz CT molecular complexity index is 372. The van der Waals surface area contributed by atoms with Crippen LogP contribution < -0.4 is 16.4 Å². The van der Waals surface area contributed by atoms with E-state index in [4.69, 9.17) is 15.2 Å². The van der Waals surface area contributed by atoms with Gasteiger partial charge in [-0.05, 0) is 0 Å². The molecule has 0 spiro atoms. The van der Waals surface area contributed by atoms with Gasteiger partial charge < -0.3 is 25.8 Å². The van der Waals surface area contributed by atoms with E-state index in [9.17, 15) is 0 Å². The standard InChI is InChI=1S/C9H14N6O2/c10-7-13-8(11-1-5-3-16-5)15-9(14-7)12-2-6-4-17-6/h5-6H,1-4H2,(H4,10,11,12,13,14,15). The molecule has 0 aliphatic carbocycles. The topological polar surface area (TPSA) is 114 Å². The summed E-state index contributed by atoms with van der Waals surface area (Å²) in [4.78, 5) is 12.2. The Morgan fingerprint density at radius 2 is 1.47 bits per heavy atom. The second-order valence-electron chi connectivity index (χ2n) is 4.01. The van der Waals surface area contributed by atoms with Crippen molar-refractivity contribution >= 4 is 17.8 Å². The first kappa shape index (κ1) is 10.5. The Morgan fingerprint density at radius 3 is 1.88 bits per heavy atom. The first-order chi connectivity index (χ1) is 8.29. The number of epoxide rings is 2. The van der Waals surface area contributed by atoms with Crippen molar-refractivity contribution in [3.8, 4) is 0 Å². The first-order valence-corrected chi connectivity index (χ1v) is 5.52. The highest BCUT2D eigenvalue weighted by Gasteiger charge is 2.23. The normalized spacial score (nSPS) is 25.4. The number of nitrogen functional groups attached to an aromatic ring is 1. The van der Waals surface area contributed by atoms with Crippen LogP contribution in [0.15, 0.2) is 0 Å². The molecule has 0 bridgehead atoms. The molecule has 2 unspecified atom stereocenters. The molecule has 92 valence electrons. The van der Waals surface area contributed by atoms with E-state index in [0.717, 1.165) is 13.2 Å². The van der Waals surface area contributed by atoms with Crippen LogP contribution in [0.1, 0.15) is 0 Å². The largest absolute Gasteiger partial charge is 0.371 e. The number of nitrogens with zero attached hydrogens (tertiary/aromatic N) is 3. The predicted molar refractivity (Wildman–Crippen MR) is 60.7 cm³/mol. The lowest BCUT2D eigenvalue weighted by Crippen LogP contribution is -2.16. The van der Waals surface area contributed by atoms with Gasteiger partial charge in [-0.3, -0.25) is 0 Å². The van der Waals surface area contributed by atoms with E-state index in [-0.39, 0.29) is 18.2 Å². The van der Waals surface area contributed by atoms with Crippen molar-refractivity contribution in [2.45, 2.75) is 12.2 Å². The van der Waals surface area contributed by atoms with Crippen molar-refractivity contribution in [2.24, 2.45) is 0 Å². The van der Waals surface area contributed by atoms with Gasteiger partial charge in [0.1, 0.15) is 0 Å². The molecule has 0 aromatic carbocycles. The third-order valence-electron chi connectivity index (χ3n) is 2.43. The molecule has 2 atom stereocenters. The van der Waals surface area contributed by atoms with E-state index in [1.807, 2.05) is 0 Å². The molecule has 2 saturated heterocycles. The van der Waals surface area contributed by atoms with E-state index < -0.39 is 0 Å². The molecule has 2 fully saturated rings. The second-order valence-corrected chi connectivity index (χ2v) is 4.01. The van der Waals surface area contributed by atoms with Crippen LogP contribution in [-0.2, 0) is 9.47 Å². The summed E-state index contributed by atoms with van der Waals surface area (Å²) in [5.41, 5.74) is 5.60. The summed E-state index contributed by atoms with van der Waals surface area (Å²) in [6, 6.07) is 0. The van der Waals surface area contributed by atoms with Gasteiger partial charge in [-0.2, -0.15) is 15.0 Å². The van der Waals surface area contributed by atoms with Gasteiger partial charge in [-0.25, -0.2) is 0 Å². The maximum Gasteiger partial charge on any atom is 0.229 e. The molecule has 8 nitrogen and oxygen atoms in total. The predicted octanol–water partition coefficient (Wildman–Crippen LogP) is -0.925. The summed E-state index contributed by atoms with van der Waals surface area (Å²) in [6.07, 6.45) is 0.536. The molecule has 8 heteroatoms. The average molecular weight is 238 g/mol. The van der Waals surface area contributed by atoms with Crippen molar-refractivity contribution in [3.05, 3.63) is 0 Å². The van der Waals surface area contributed by atoms with Gasteiger partial charge in [-0.1, -0.05) is 0 Å². The molecule has 2 aliphatic rings. The van der Waals surface area contributed by atoms with Crippen molar-refractivity contribution in [1.29, 1.82) is 0 Å². The Balaban J connectivity index is 1.60. The Hall–Kier alpha value is -1.67. The third-order valence-corrected chi connectivity index (χ3v) is 2.43. The zero-order chi connectivity index (χ0) is 11.7. The summed E-state index contributed by atoms with van der Waals surface area (Å²) < 4.78 is 10.2. The number of aromatic nitrogens is 3. The lowest BCUT2D eigenvalue weighted by molar-refractivity contribution is 0.416. The smallest absolute Gasteiger partial charge is 0.229 e. The highest BCUT2D eigenvalue weighted by molar-refractivity contribution is 5.40. The summed E-state index contributed by atoms with van der Waals surface area (Å²) in [5.74, 6) is 1.12. The minimum absolute atomic E-state index is 0.193. The summed E-state index contributed by atoms with van der Waals surface area (Å²) in [6.45, 7) is 2.96. The highest BCUT2D eigenvalue weighted by atomic mass is 16.6. The van der Waals surface area contributed by atoms with Gasteiger partial charge in [0.2, 0.25) is 17.8 Å². The summed E-state index contributed by atoms with van der Waals surface area (Å²) >= 11 is 0. The van der Waals surface area contributed by atoms with Crippen molar-refractivity contribution < 1.29 is 9.47 Å². The van der Waals surface area contributed by atoms with Gasteiger partial charge in [0.05, 0.1) is 25.4 Å². The summed E-state index contributed by atoms with van der Waals surface area (Å²) in [7, 11) is 0. The number of hydrogen-bond donors (Lipinski definition) is 3. The lowest BCUT2D eigenvalue weighted by atomic mass is 10.5. The number of ether oxygens (including phenoxy) is 2. The molecule has 0 radical (unpaired) electrons. The van der Waals surface area contributed by atoms with Gasteiger partial charge in [-0.15, -0.1) is 0 Å². The fourth-order valence-electron chi connectivity index (χ4n) is 1.33. The molecule has 17 heavy (non-hydrogen) atoms. The molecule has 0 saturated carbocycles. The van der Waals surface area contributed by atoms with Gasteiger partial charge in [0.15, 0.2) is 0 Å². The molecule has 3 rings (SSSR count). The number of anilines is 3. The SMILES string of the molecule is Nc1nc(NCC2CO2)nc(NCC2CO2)n1. The maximum absolute atomic E-state index is 5.60. The van der Waals surface area contributed by atoms with Crippen LogP contribution in [0, 0.1) is 0 Å². The zero-order valence-corrected chi connectivity index (χ0v) is 9.22. The van der Waals surface area contributed by atoms with E-state index >= 15 is 0 Å². The third kappa shape index (κ3) is 3.14. The van der Waals surface area contributed by atoms with Crippen LogP contribution in [0.3, 0.4) is 0 Å². The number of nitrogens with two attached hydrogens (primary N) is 1. The van der Waals surface area contributed by atoms with Crippen molar-refractivity contribution in [1.82, 2.24) is 15.0 Å². The Morgan fingerprint density at radius 1 is 1.00 bits per heavy atom. The van der Waals surface area contributed by atoms with Crippen LogP contribution in [0.2, 0.25) is 0 Å². The lowest BCUT2D eigenvalue weighted by Gasteiger charge is -2.06. The molecule has 1 aromatic heterocycles. The minimum Gasteiger partial charge on any atom is -0.371 e. The minimum atomic E-state index is 0.193. The van der Waals surface area contributed by atoms with E-state index in [0.29, 0.717) is 25.0 Å². The fourth-order valence-corrected chi connectivity index (χ4v) is 1.33. The molecule has 1 aromatic rings. The molecule has 3 heterocycles. The molecular weight excluding hydrogens is 224 g/mol. The summed E-state index contributed by atoms with van der Waals surface area (Å²) in [5, 5.41) is 6.11. The van der Waals surface area contributed by atoms with Crippen LogP contribution in [0.25, 0.3) is 0 Å².